The number of para-hydroxylation sites is 1. The Morgan fingerprint density at radius 2 is 2.05 bits per heavy atom. The molecule has 0 amide bonds. The van der Waals surface area contributed by atoms with Crippen LogP contribution in [0, 0.1) is 0 Å². The molecule has 0 saturated carbocycles. The number of carboxylic acid groups (broad SMARTS) is 1. The molecule has 3 nitrogen and oxygen atoms in total. The van der Waals surface area contributed by atoms with Crippen molar-refractivity contribution in [3.8, 4) is 0 Å². The molecule has 3 aromatic rings. The molecule has 0 saturated heterocycles. The molecule has 0 bridgehead atoms. The van der Waals surface area contributed by atoms with E-state index in [1.807, 2.05) is 41.8 Å². The Hall–Kier alpha value is -1.98. The van der Waals surface area contributed by atoms with Gasteiger partial charge in [0.25, 0.3) is 0 Å². The fraction of sp³-hybridized carbons (Fsp3) is 0. The zero-order valence-corrected chi connectivity index (χ0v) is 13.2. The lowest BCUT2D eigenvalue weighted by Crippen LogP contribution is -1.99. The third kappa shape index (κ3) is 3.04. The van der Waals surface area contributed by atoms with Gasteiger partial charge in [0.05, 0.1) is 16.8 Å². The molecule has 3 rings (SSSR count). The Labute approximate surface area is 133 Å². The van der Waals surface area contributed by atoms with Gasteiger partial charge in [0.15, 0.2) is 0 Å². The van der Waals surface area contributed by atoms with Gasteiger partial charge in [-0.3, -0.25) is 0 Å². The van der Waals surface area contributed by atoms with Crippen LogP contribution in [0.5, 0.6) is 0 Å². The van der Waals surface area contributed by atoms with E-state index in [1.54, 1.807) is 23.5 Å². The van der Waals surface area contributed by atoms with Gasteiger partial charge in [0.1, 0.15) is 0 Å². The Kier molecular flexibility index (Phi) is 3.86. The molecule has 1 aromatic carbocycles. The van der Waals surface area contributed by atoms with Crippen LogP contribution in [0.4, 0.5) is 0 Å². The van der Waals surface area contributed by atoms with Gasteiger partial charge in [-0.25, -0.2) is 9.78 Å². The summed E-state index contributed by atoms with van der Waals surface area (Å²) in [7, 11) is 0. The highest BCUT2D eigenvalue weighted by atomic mass is 79.9. The summed E-state index contributed by atoms with van der Waals surface area (Å²) < 4.78 is 1.03. The molecular weight excluding hydrogens is 350 g/mol. The van der Waals surface area contributed by atoms with Crippen molar-refractivity contribution in [3.63, 3.8) is 0 Å². The Morgan fingerprint density at radius 3 is 2.76 bits per heavy atom. The third-order valence-electron chi connectivity index (χ3n) is 2.97. The topological polar surface area (TPSA) is 50.2 Å². The van der Waals surface area contributed by atoms with E-state index in [9.17, 15) is 9.90 Å². The summed E-state index contributed by atoms with van der Waals surface area (Å²) in [4.78, 5) is 16.9. The SMILES string of the molecule is O=C(O)c1cc(/C=C/c2cc(Br)cs2)nc2ccccc12. The molecule has 21 heavy (non-hydrogen) atoms. The minimum atomic E-state index is -0.942. The number of aromatic nitrogens is 1. The summed E-state index contributed by atoms with van der Waals surface area (Å²) in [5.74, 6) is -0.942. The third-order valence-corrected chi connectivity index (χ3v) is 4.63. The predicted molar refractivity (Wildman–Crippen MR) is 89.6 cm³/mol. The second-order valence-corrected chi connectivity index (χ2v) is 6.28. The van der Waals surface area contributed by atoms with Crippen LogP contribution < -0.4 is 0 Å². The number of carbonyl (C=O) groups is 1. The number of halogens is 1. The van der Waals surface area contributed by atoms with Crippen LogP contribution in [0.15, 0.2) is 46.3 Å². The van der Waals surface area contributed by atoms with E-state index in [1.165, 1.54) is 0 Å². The number of carboxylic acids is 1. The number of aromatic carboxylic acids is 1. The van der Waals surface area contributed by atoms with Crippen LogP contribution in [0.2, 0.25) is 0 Å². The number of hydrogen-bond acceptors (Lipinski definition) is 3. The first kappa shape index (κ1) is 14.0. The normalized spacial score (nSPS) is 11.3. The van der Waals surface area contributed by atoms with Gasteiger partial charge in [0, 0.05) is 20.1 Å². The molecule has 0 atom stereocenters. The maximum absolute atomic E-state index is 11.4. The van der Waals surface area contributed by atoms with Crippen molar-refractivity contribution in [1.29, 1.82) is 0 Å². The summed E-state index contributed by atoms with van der Waals surface area (Å²) >= 11 is 5.01. The Bertz CT molecular complexity index is 854. The second-order valence-electron chi connectivity index (χ2n) is 4.42. The highest BCUT2D eigenvalue weighted by Crippen LogP contribution is 2.23. The standard InChI is InChI=1S/C16H10BrNO2S/c17-10-7-12(21-9-10)6-5-11-8-14(16(19)20)13-3-1-2-4-15(13)18-11/h1-9H,(H,19,20)/b6-5+. The van der Waals surface area contributed by atoms with Gasteiger partial charge in [-0.2, -0.15) is 0 Å². The minimum absolute atomic E-state index is 0.271. The molecule has 0 fully saturated rings. The van der Waals surface area contributed by atoms with Crippen molar-refractivity contribution < 1.29 is 9.90 Å². The molecule has 104 valence electrons. The van der Waals surface area contributed by atoms with Crippen LogP contribution in [0.3, 0.4) is 0 Å². The fourth-order valence-electron chi connectivity index (χ4n) is 2.04. The number of thiophene rings is 1. The van der Waals surface area contributed by atoms with Gasteiger partial charge in [-0.05, 0) is 46.3 Å². The summed E-state index contributed by atoms with van der Waals surface area (Å²) in [6.07, 6.45) is 3.76. The zero-order chi connectivity index (χ0) is 14.8. The van der Waals surface area contributed by atoms with Gasteiger partial charge in [-0.1, -0.05) is 18.2 Å². The monoisotopic (exact) mass is 359 g/mol. The number of nitrogens with zero attached hydrogens (tertiary/aromatic N) is 1. The first-order valence-electron chi connectivity index (χ1n) is 6.19. The van der Waals surface area contributed by atoms with E-state index in [0.29, 0.717) is 16.6 Å². The molecular formula is C16H10BrNO2S. The van der Waals surface area contributed by atoms with E-state index in [0.717, 1.165) is 9.35 Å². The summed E-state index contributed by atoms with van der Waals surface area (Å²) in [5, 5.41) is 12.0. The van der Waals surface area contributed by atoms with Crippen LogP contribution in [-0.4, -0.2) is 16.1 Å². The predicted octanol–water partition coefficient (Wildman–Crippen LogP) is 4.93. The van der Waals surface area contributed by atoms with E-state index in [-0.39, 0.29) is 5.56 Å². The first-order chi connectivity index (χ1) is 10.1. The number of fused-ring (bicyclic) bond motifs is 1. The molecule has 0 aliphatic heterocycles. The van der Waals surface area contributed by atoms with Crippen molar-refractivity contribution in [2.24, 2.45) is 0 Å². The number of hydrogen-bond donors (Lipinski definition) is 1. The maximum Gasteiger partial charge on any atom is 0.336 e. The van der Waals surface area contributed by atoms with E-state index in [4.69, 9.17) is 0 Å². The van der Waals surface area contributed by atoms with Crippen LogP contribution in [-0.2, 0) is 0 Å². The Balaban J connectivity index is 2.07. The summed E-state index contributed by atoms with van der Waals surface area (Å²) in [6, 6.07) is 10.9. The molecule has 5 heteroatoms. The van der Waals surface area contributed by atoms with Crippen LogP contribution in [0.25, 0.3) is 23.1 Å². The van der Waals surface area contributed by atoms with Crippen molar-refractivity contribution in [2.45, 2.75) is 0 Å². The molecule has 0 unspecified atom stereocenters. The van der Waals surface area contributed by atoms with Crippen molar-refractivity contribution in [2.75, 3.05) is 0 Å². The fourth-order valence-corrected chi connectivity index (χ4v) is 3.38. The Morgan fingerprint density at radius 1 is 1.24 bits per heavy atom. The van der Waals surface area contributed by atoms with Crippen molar-refractivity contribution in [3.05, 3.63) is 62.4 Å². The summed E-state index contributed by atoms with van der Waals surface area (Å²) in [6.45, 7) is 0. The second kappa shape index (κ2) is 5.79. The number of benzene rings is 1. The molecule has 0 aliphatic rings. The lowest BCUT2D eigenvalue weighted by atomic mass is 10.1. The van der Waals surface area contributed by atoms with Gasteiger partial charge >= 0.3 is 5.97 Å². The van der Waals surface area contributed by atoms with Crippen molar-refractivity contribution in [1.82, 2.24) is 4.98 Å². The smallest absolute Gasteiger partial charge is 0.336 e. The highest BCUT2D eigenvalue weighted by molar-refractivity contribution is 9.10. The van der Waals surface area contributed by atoms with E-state index in [2.05, 4.69) is 20.9 Å². The average Bonchev–Trinajstić information content (AvgIpc) is 2.89. The van der Waals surface area contributed by atoms with Crippen molar-refractivity contribution >= 4 is 56.3 Å². The molecule has 1 N–H and O–H groups in total. The molecule has 2 aromatic heterocycles. The lowest BCUT2D eigenvalue weighted by molar-refractivity contribution is 0.0699. The average molecular weight is 360 g/mol. The number of rotatable bonds is 3. The van der Waals surface area contributed by atoms with E-state index < -0.39 is 5.97 Å². The molecule has 0 aliphatic carbocycles. The van der Waals surface area contributed by atoms with Crippen LogP contribution >= 0.6 is 27.3 Å². The zero-order valence-electron chi connectivity index (χ0n) is 10.8. The molecule has 0 spiro atoms. The molecule has 2 heterocycles. The molecule has 0 radical (unpaired) electrons. The maximum atomic E-state index is 11.4. The number of pyridine rings is 1. The lowest BCUT2D eigenvalue weighted by Gasteiger charge is -2.03. The first-order valence-corrected chi connectivity index (χ1v) is 7.86. The quantitative estimate of drug-likeness (QED) is 0.721. The van der Waals surface area contributed by atoms with Gasteiger partial charge < -0.3 is 5.11 Å². The minimum Gasteiger partial charge on any atom is -0.478 e. The van der Waals surface area contributed by atoms with E-state index >= 15 is 0 Å². The largest absolute Gasteiger partial charge is 0.478 e. The summed E-state index contributed by atoms with van der Waals surface area (Å²) in [5.41, 5.74) is 1.59. The van der Waals surface area contributed by atoms with Gasteiger partial charge in [0.2, 0.25) is 0 Å². The van der Waals surface area contributed by atoms with Crippen LogP contribution in [0.1, 0.15) is 20.9 Å². The highest BCUT2D eigenvalue weighted by Gasteiger charge is 2.10. The van der Waals surface area contributed by atoms with Gasteiger partial charge in [-0.15, -0.1) is 11.3 Å².